The summed E-state index contributed by atoms with van der Waals surface area (Å²) in [4.78, 5) is 0. The van der Waals surface area contributed by atoms with Crippen LogP contribution in [0.3, 0.4) is 0 Å². The van der Waals surface area contributed by atoms with Crippen molar-refractivity contribution >= 4 is 0 Å². The number of ether oxygens (including phenoxy) is 1. The van der Waals surface area contributed by atoms with E-state index in [-0.39, 0.29) is 5.60 Å². The Hall–Kier alpha value is -1.02. The Bertz CT molecular complexity index is 482. The molecule has 0 spiro atoms. The van der Waals surface area contributed by atoms with Gasteiger partial charge in [0.25, 0.3) is 0 Å². The Labute approximate surface area is 122 Å². The monoisotopic (exact) mass is 273 g/mol. The largest absolute Gasteiger partial charge is 0.488 e. The normalized spacial score (nSPS) is 23.9. The van der Waals surface area contributed by atoms with Gasteiger partial charge in [-0.1, -0.05) is 19.9 Å². The molecule has 1 aromatic carbocycles. The highest BCUT2D eigenvalue weighted by Crippen LogP contribution is 2.42. The standard InChI is InChI=1S/C18H27NO/c1-17(2)7-9-18(3,10-8-17)20-16-5-4-14-6-11-19-13-15(14)12-16/h4-5,12,19H,6-11,13H2,1-3H3. The Kier molecular flexibility index (Phi) is 3.53. The lowest BCUT2D eigenvalue weighted by Crippen LogP contribution is -2.39. The number of hydrogen-bond donors (Lipinski definition) is 1. The topological polar surface area (TPSA) is 21.3 Å². The van der Waals surface area contributed by atoms with Crippen molar-refractivity contribution in [1.82, 2.24) is 5.32 Å². The molecule has 1 fully saturated rings. The number of hydrogen-bond acceptors (Lipinski definition) is 2. The van der Waals surface area contributed by atoms with Crippen molar-refractivity contribution in [1.29, 1.82) is 0 Å². The van der Waals surface area contributed by atoms with E-state index in [1.165, 1.54) is 24.0 Å². The first kappa shape index (κ1) is 13.9. The molecule has 0 bridgehead atoms. The van der Waals surface area contributed by atoms with Crippen LogP contribution in [0, 0.1) is 5.41 Å². The second kappa shape index (κ2) is 5.07. The molecule has 0 aromatic heterocycles. The first-order valence-electron chi connectivity index (χ1n) is 7.97. The predicted molar refractivity (Wildman–Crippen MR) is 83.1 cm³/mol. The minimum Gasteiger partial charge on any atom is -0.488 e. The Balaban J connectivity index is 1.71. The van der Waals surface area contributed by atoms with Gasteiger partial charge in [0, 0.05) is 6.54 Å². The number of nitrogens with one attached hydrogen (secondary N) is 1. The molecule has 1 aliphatic carbocycles. The average Bonchev–Trinajstić information content (AvgIpc) is 2.43. The summed E-state index contributed by atoms with van der Waals surface area (Å²) < 4.78 is 6.37. The van der Waals surface area contributed by atoms with E-state index in [1.807, 2.05) is 0 Å². The lowest BCUT2D eigenvalue weighted by atomic mass is 9.71. The third kappa shape index (κ3) is 3.01. The van der Waals surface area contributed by atoms with Gasteiger partial charge in [-0.05, 0) is 74.2 Å². The van der Waals surface area contributed by atoms with Crippen LogP contribution in [-0.4, -0.2) is 12.1 Å². The molecular weight excluding hydrogens is 246 g/mol. The Morgan fingerprint density at radius 2 is 1.75 bits per heavy atom. The summed E-state index contributed by atoms with van der Waals surface area (Å²) in [5.74, 6) is 1.05. The summed E-state index contributed by atoms with van der Waals surface area (Å²) in [6, 6.07) is 6.66. The lowest BCUT2D eigenvalue weighted by Gasteiger charge is -2.41. The SMILES string of the molecule is CC1(C)CCC(C)(Oc2ccc3c(c2)CNCC3)CC1. The maximum atomic E-state index is 6.37. The lowest BCUT2D eigenvalue weighted by molar-refractivity contribution is 0.0124. The fraction of sp³-hybridized carbons (Fsp3) is 0.667. The van der Waals surface area contributed by atoms with Crippen LogP contribution in [0.15, 0.2) is 18.2 Å². The van der Waals surface area contributed by atoms with Gasteiger partial charge >= 0.3 is 0 Å². The Morgan fingerprint density at radius 3 is 2.50 bits per heavy atom. The van der Waals surface area contributed by atoms with Crippen molar-refractivity contribution < 1.29 is 4.74 Å². The molecule has 0 unspecified atom stereocenters. The molecular formula is C18H27NO. The minimum atomic E-state index is 0.0197. The highest BCUT2D eigenvalue weighted by atomic mass is 16.5. The molecule has 1 aliphatic heterocycles. The molecule has 0 amide bonds. The number of fused-ring (bicyclic) bond motifs is 1. The molecule has 2 nitrogen and oxygen atoms in total. The van der Waals surface area contributed by atoms with Gasteiger partial charge in [-0.15, -0.1) is 0 Å². The third-order valence-electron chi connectivity index (χ3n) is 5.09. The van der Waals surface area contributed by atoms with E-state index in [9.17, 15) is 0 Å². The van der Waals surface area contributed by atoms with Crippen LogP contribution >= 0.6 is 0 Å². The highest BCUT2D eigenvalue weighted by molar-refractivity contribution is 5.37. The van der Waals surface area contributed by atoms with E-state index in [4.69, 9.17) is 4.74 Å². The van der Waals surface area contributed by atoms with Gasteiger partial charge in [0.1, 0.15) is 11.4 Å². The van der Waals surface area contributed by atoms with E-state index in [0.717, 1.165) is 38.1 Å². The predicted octanol–water partition coefficient (Wildman–Crippen LogP) is 4.07. The summed E-state index contributed by atoms with van der Waals surface area (Å²) in [6.45, 7) is 9.10. The first-order chi connectivity index (χ1) is 9.46. The van der Waals surface area contributed by atoms with Crippen molar-refractivity contribution in [2.24, 2.45) is 5.41 Å². The van der Waals surface area contributed by atoms with Crippen LogP contribution in [0.4, 0.5) is 0 Å². The summed E-state index contributed by atoms with van der Waals surface area (Å²) in [5.41, 5.74) is 3.40. The summed E-state index contributed by atoms with van der Waals surface area (Å²) >= 11 is 0. The van der Waals surface area contributed by atoms with E-state index in [0.29, 0.717) is 5.41 Å². The van der Waals surface area contributed by atoms with Gasteiger partial charge in [0.05, 0.1) is 0 Å². The summed E-state index contributed by atoms with van der Waals surface area (Å²) in [5, 5.41) is 3.44. The van der Waals surface area contributed by atoms with Gasteiger partial charge in [-0.3, -0.25) is 0 Å². The van der Waals surface area contributed by atoms with Crippen LogP contribution in [0.1, 0.15) is 57.6 Å². The van der Waals surface area contributed by atoms with Crippen LogP contribution in [0.2, 0.25) is 0 Å². The molecule has 1 heterocycles. The smallest absolute Gasteiger partial charge is 0.120 e. The zero-order chi connectivity index (χ0) is 14.2. The van der Waals surface area contributed by atoms with E-state index in [1.54, 1.807) is 0 Å². The number of rotatable bonds is 2. The van der Waals surface area contributed by atoms with Crippen molar-refractivity contribution in [2.75, 3.05) is 6.54 Å². The first-order valence-corrected chi connectivity index (χ1v) is 7.97. The van der Waals surface area contributed by atoms with Gasteiger partial charge in [0.2, 0.25) is 0 Å². The van der Waals surface area contributed by atoms with Crippen molar-refractivity contribution in [2.45, 2.75) is 65.0 Å². The molecule has 1 saturated carbocycles. The van der Waals surface area contributed by atoms with Crippen molar-refractivity contribution in [3.05, 3.63) is 29.3 Å². The molecule has 110 valence electrons. The van der Waals surface area contributed by atoms with Gasteiger partial charge < -0.3 is 10.1 Å². The molecule has 3 rings (SSSR count). The zero-order valence-corrected chi connectivity index (χ0v) is 13.1. The fourth-order valence-corrected chi connectivity index (χ4v) is 3.36. The molecule has 1 N–H and O–H groups in total. The molecule has 20 heavy (non-hydrogen) atoms. The van der Waals surface area contributed by atoms with E-state index >= 15 is 0 Å². The van der Waals surface area contributed by atoms with Gasteiger partial charge in [-0.25, -0.2) is 0 Å². The van der Waals surface area contributed by atoms with Gasteiger partial charge in [-0.2, -0.15) is 0 Å². The van der Waals surface area contributed by atoms with Crippen LogP contribution in [0.25, 0.3) is 0 Å². The average molecular weight is 273 g/mol. The molecule has 0 saturated heterocycles. The van der Waals surface area contributed by atoms with Crippen LogP contribution in [-0.2, 0) is 13.0 Å². The molecule has 1 aromatic rings. The molecule has 0 radical (unpaired) electrons. The zero-order valence-electron chi connectivity index (χ0n) is 13.1. The minimum absolute atomic E-state index is 0.0197. The molecule has 2 heteroatoms. The fourth-order valence-electron chi connectivity index (χ4n) is 3.36. The molecule has 2 aliphatic rings. The molecule has 0 atom stereocenters. The van der Waals surface area contributed by atoms with Crippen molar-refractivity contribution in [3.8, 4) is 5.75 Å². The van der Waals surface area contributed by atoms with Crippen molar-refractivity contribution in [3.63, 3.8) is 0 Å². The van der Waals surface area contributed by atoms with E-state index in [2.05, 4.69) is 44.3 Å². The second-order valence-electron chi connectivity index (χ2n) is 7.57. The van der Waals surface area contributed by atoms with Gasteiger partial charge in [0.15, 0.2) is 0 Å². The van der Waals surface area contributed by atoms with E-state index < -0.39 is 0 Å². The summed E-state index contributed by atoms with van der Waals surface area (Å²) in [6.07, 6.45) is 5.98. The second-order valence-corrected chi connectivity index (χ2v) is 7.57. The quantitative estimate of drug-likeness (QED) is 0.877. The van der Waals surface area contributed by atoms with Crippen LogP contribution < -0.4 is 10.1 Å². The number of benzene rings is 1. The third-order valence-corrected chi connectivity index (χ3v) is 5.09. The maximum absolute atomic E-state index is 6.37. The highest BCUT2D eigenvalue weighted by Gasteiger charge is 2.36. The Morgan fingerprint density at radius 1 is 1.00 bits per heavy atom. The maximum Gasteiger partial charge on any atom is 0.120 e. The summed E-state index contributed by atoms with van der Waals surface area (Å²) in [7, 11) is 0. The van der Waals surface area contributed by atoms with Crippen LogP contribution in [0.5, 0.6) is 5.75 Å².